The van der Waals surface area contributed by atoms with E-state index in [2.05, 4.69) is 64.2 Å². The van der Waals surface area contributed by atoms with Crippen LogP contribution in [0.2, 0.25) is 18.1 Å². The summed E-state index contributed by atoms with van der Waals surface area (Å²) in [5, 5.41) is 12.2. The summed E-state index contributed by atoms with van der Waals surface area (Å²) >= 11 is 0. The van der Waals surface area contributed by atoms with Crippen molar-refractivity contribution < 1.29 is 19.0 Å². The monoisotopic (exact) mass is 524 g/mol. The lowest BCUT2D eigenvalue weighted by molar-refractivity contribution is 0.0251. The average Bonchev–Trinajstić information content (AvgIpc) is 3.17. The number of aryl methyl sites for hydroxylation is 1. The van der Waals surface area contributed by atoms with Gasteiger partial charge in [-0.15, -0.1) is 0 Å². The van der Waals surface area contributed by atoms with Gasteiger partial charge in [0.1, 0.15) is 5.75 Å². The molecule has 3 atom stereocenters. The van der Waals surface area contributed by atoms with Crippen LogP contribution in [0.15, 0.2) is 66.7 Å². The lowest BCUT2D eigenvalue weighted by Gasteiger charge is -2.42. The van der Waals surface area contributed by atoms with Crippen LogP contribution in [-0.4, -0.2) is 45.5 Å². The van der Waals surface area contributed by atoms with Gasteiger partial charge in [0.05, 0.1) is 18.3 Å². The largest absolute Gasteiger partial charge is 0.494 e. The summed E-state index contributed by atoms with van der Waals surface area (Å²) in [4.78, 5) is 0. The first-order chi connectivity index (χ1) is 17.6. The first kappa shape index (κ1) is 29.6. The molecule has 2 aromatic rings. The number of ether oxygens (including phenoxy) is 2. The van der Waals surface area contributed by atoms with Crippen molar-refractivity contribution in [3.05, 3.63) is 77.9 Å². The Morgan fingerprint density at radius 2 is 1.57 bits per heavy atom. The van der Waals surface area contributed by atoms with Gasteiger partial charge in [-0.1, -0.05) is 75.4 Å². The highest BCUT2D eigenvalue weighted by atomic mass is 28.4. The molecule has 0 heterocycles. The Morgan fingerprint density at radius 3 is 2.27 bits per heavy atom. The van der Waals surface area contributed by atoms with E-state index in [-0.39, 0.29) is 17.1 Å². The van der Waals surface area contributed by atoms with Gasteiger partial charge in [0.2, 0.25) is 0 Å². The van der Waals surface area contributed by atoms with Gasteiger partial charge in [-0.3, -0.25) is 0 Å². The molecule has 1 aliphatic carbocycles. The minimum absolute atomic E-state index is 0.0978. The second-order valence-corrected chi connectivity index (χ2v) is 16.7. The van der Waals surface area contributed by atoms with E-state index < -0.39 is 13.9 Å². The lowest BCUT2D eigenvalue weighted by atomic mass is 9.78. The topological polar surface area (TPSA) is 47.9 Å². The summed E-state index contributed by atoms with van der Waals surface area (Å²) in [7, 11) is -0.285. The second-order valence-electron chi connectivity index (χ2n) is 11.9. The van der Waals surface area contributed by atoms with Crippen LogP contribution >= 0.6 is 0 Å². The molecule has 0 saturated heterocycles. The number of hydrogen-bond donors (Lipinski definition) is 1. The van der Waals surface area contributed by atoms with Gasteiger partial charge >= 0.3 is 0 Å². The highest BCUT2D eigenvalue weighted by molar-refractivity contribution is 6.74. The Hall–Kier alpha value is -1.92. The molecule has 0 radical (unpaired) electrons. The van der Waals surface area contributed by atoms with Crippen LogP contribution in [0, 0.1) is 0 Å². The highest BCUT2D eigenvalue weighted by Crippen LogP contribution is 2.47. The molecule has 3 rings (SSSR count). The van der Waals surface area contributed by atoms with Crippen molar-refractivity contribution in [1.82, 2.24) is 0 Å². The molecule has 5 heteroatoms. The van der Waals surface area contributed by atoms with E-state index in [9.17, 15) is 5.11 Å². The molecule has 0 saturated carbocycles. The molecule has 1 N–H and O–H groups in total. The maximum Gasteiger partial charge on any atom is 0.192 e. The number of rotatable bonds is 14. The molecule has 1 aliphatic rings. The summed E-state index contributed by atoms with van der Waals surface area (Å²) in [5.41, 5.74) is 1.58. The van der Waals surface area contributed by atoms with Crippen molar-refractivity contribution in [2.45, 2.75) is 95.1 Å². The SMILES string of the molecule is COCCCCc1ccccc1[C@H]1[C@H](O[Si](C)(C)C(C)(C)C)C=C[C@]1(O)CCCCOc1ccccc1. The van der Waals surface area contributed by atoms with Crippen molar-refractivity contribution in [3.8, 4) is 5.75 Å². The Labute approximate surface area is 226 Å². The quantitative estimate of drug-likeness (QED) is 0.156. The summed E-state index contributed by atoms with van der Waals surface area (Å²) in [5.74, 6) is 0.778. The fourth-order valence-electron chi connectivity index (χ4n) is 4.91. The molecule has 0 amide bonds. The molecular weight excluding hydrogens is 476 g/mol. The molecule has 0 fully saturated rings. The third-order valence-electron chi connectivity index (χ3n) is 8.10. The fraction of sp³-hybridized carbons (Fsp3) is 0.562. The van der Waals surface area contributed by atoms with Crippen LogP contribution in [0.3, 0.4) is 0 Å². The summed E-state index contributed by atoms with van der Waals surface area (Å²) in [6, 6.07) is 18.6. The number of para-hydroxylation sites is 1. The molecule has 0 unspecified atom stereocenters. The van der Waals surface area contributed by atoms with Crippen molar-refractivity contribution >= 4 is 8.32 Å². The van der Waals surface area contributed by atoms with E-state index >= 15 is 0 Å². The van der Waals surface area contributed by atoms with E-state index in [1.807, 2.05) is 36.4 Å². The van der Waals surface area contributed by atoms with E-state index in [1.54, 1.807) is 7.11 Å². The van der Waals surface area contributed by atoms with E-state index in [0.29, 0.717) is 13.0 Å². The van der Waals surface area contributed by atoms with Crippen molar-refractivity contribution in [1.29, 1.82) is 0 Å². The van der Waals surface area contributed by atoms with Gasteiger partial charge in [-0.05, 0) is 79.9 Å². The van der Waals surface area contributed by atoms with Gasteiger partial charge in [-0.25, -0.2) is 0 Å². The summed E-state index contributed by atoms with van der Waals surface area (Å²) < 4.78 is 18.1. The van der Waals surface area contributed by atoms with Crippen LogP contribution in [-0.2, 0) is 15.6 Å². The van der Waals surface area contributed by atoms with Crippen LogP contribution < -0.4 is 4.74 Å². The van der Waals surface area contributed by atoms with Crippen molar-refractivity contribution in [2.75, 3.05) is 20.3 Å². The first-order valence-electron chi connectivity index (χ1n) is 13.9. The molecular formula is C32H48O4Si. The average molecular weight is 525 g/mol. The molecule has 2 aromatic carbocycles. The number of hydrogen-bond acceptors (Lipinski definition) is 4. The Kier molecular flexibility index (Phi) is 10.6. The van der Waals surface area contributed by atoms with Crippen LogP contribution in [0.5, 0.6) is 5.75 Å². The molecule has 0 bridgehead atoms. The zero-order valence-corrected chi connectivity index (χ0v) is 24.8. The maximum absolute atomic E-state index is 12.1. The molecule has 4 nitrogen and oxygen atoms in total. The van der Waals surface area contributed by atoms with Crippen LogP contribution in [0.1, 0.15) is 69.9 Å². The van der Waals surface area contributed by atoms with Crippen LogP contribution in [0.4, 0.5) is 0 Å². The normalized spacial score (nSPS) is 21.9. The van der Waals surface area contributed by atoms with Gasteiger partial charge in [0, 0.05) is 19.6 Å². The van der Waals surface area contributed by atoms with Crippen molar-refractivity contribution in [2.24, 2.45) is 0 Å². The zero-order chi connectivity index (χ0) is 26.9. The third-order valence-corrected chi connectivity index (χ3v) is 12.6. The fourth-order valence-corrected chi connectivity index (χ4v) is 6.16. The summed E-state index contributed by atoms with van der Waals surface area (Å²) in [6.07, 6.45) is 9.55. The maximum atomic E-state index is 12.1. The van der Waals surface area contributed by atoms with Gasteiger partial charge < -0.3 is 19.0 Å². The lowest BCUT2D eigenvalue weighted by Crippen LogP contribution is -2.47. The highest BCUT2D eigenvalue weighted by Gasteiger charge is 2.49. The van der Waals surface area contributed by atoms with Crippen molar-refractivity contribution in [3.63, 3.8) is 0 Å². The Morgan fingerprint density at radius 1 is 0.892 bits per heavy atom. The van der Waals surface area contributed by atoms with E-state index in [0.717, 1.165) is 44.5 Å². The molecule has 37 heavy (non-hydrogen) atoms. The predicted octanol–water partition coefficient (Wildman–Crippen LogP) is 7.68. The number of unbranched alkanes of at least 4 members (excludes halogenated alkanes) is 2. The molecule has 0 spiro atoms. The minimum Gasteiger partial charge on any atom is -0.494 e. The Balaban J connectivity index is 1.77. The number of aliphatic hydroxyl groups is 1. The standard InChI is InChI=1S/C32H48O4Si/c1-31(2,3)37(5,6)36-29-21-23-32(33,22-13-15-25-35-27-18-8-7-9-19-27)30(29)28-20-11-10-16-26(28)17-12-14-24-34-4/h7-11,16,18-21,23,29-30,33H,12-15,17,22,24-25H2,1-6H3/t29-,30+,32-/m1/s1. The Bertz CT molecular complexity index is 982. The van der Waals surface area contributed by atoms with Gasteiger partial charge in [0.25, 0.3) is 0 Å². The molecule has 204 valence electrons. The zero-order valence-electron chi connectivity index (χ0n) is 23.8. The summed E-state index contributed by atoms with van der Waals surface area (Å²) in [6.45, 7) is 12.8. The van der Waals surface area contributed by atoms with E-state index in [1.165, 1.54) is 11.1 Å². The van der Waals surface area contributed by atoms with Gasteiger partial charge in [0.15, 0.2) is 8.32 Å². The third kappa shape index (κ3) is 8.03. The van der Waals surface area contributed by atoms with Gasteiger partial charge in [-0.2, -0.15) is 0 Å². The minimum atomic E-state index is -2.04. The number of benzene rings is 2. The predicted molar refractivity (Wildman–Crippen MR) is 156 cm³/mol. The number of methoxy groups -OCH3 is 1. The van der Waals surface area contributed by atoms with Crippen LogP contribution in [0.25, 0.3) is 0 Å². The first-order valence-corrected chi connectivity index (χ1v) is 16.8. The smallest absolute Gasteiger partial charge is 0.192 e. The second kappa shape index (κ2) is 13.2. The van der Waals surface area contributed by atoms with E-state index in [4.69, 9.17) is 13.9 Å². The molecule has 0 aliphatic heterocycles. The molecule has 0 aromatic heterocycles.